The van der Waals surface area contributed by atoms with E-state index in [4.69, 9.17) is 0 Å². The number of thiophene rings is 1. The first-order valence-corrected chi connectivity index (χ1v) is 30.0. The van der Waals surface area contributed by atoms with Crippen molar-refractivity contribution < 1.29 is 0 Å². The minimum atomic E-state index is -0.194. The highest BCUT2D eigenvalue weighted by Crippen LogP contribution is 2.54. The van der Waals surface area contributed by atoms with Crippen molar-refractivity contribution >= 4 is 123 Å². The summed E-state index contributed by atoms with van der Waals surface area (Å²) in [6, 6.07) is 79.1. The molecule has 0 N–H and O–H groups in total. The van der Waals surface area contributed by atoms with E-state index in [1.165, 1.54) is 104 Å². The minimum absolute atomic E-state index is 0.00967. The summed E-state index contributed by atoms with van der Waals surface area (Å²) in [5.74, 6) is 0. The lowest BCUT2D eigenvalue weighted by molar-refractivity contribution is 0.590. The van der Waals surface area contributed by atoms with Gasteiger partial charge in [-0.3, -0.25) is 0 Å². The quantitative estimate of drug-likeness (QED) is 0.141. The van der Waals surface area contributed by atoms with Crippen LogP contribution >= 0.6 is 11.3 Å². The highest BCUT2D eigenvalue weighted by atomic mass is 32.1. The summed E-state index contributed by atoms with van der Waals surface area (Å²) >= 11 is 1.91. The zero-order chi connectivity index (χ0) is 57.1. The first kappa shape index (κ1) is 53.0. The minimum Gasteiger partial charge on any atom is -0.311 e. The number of aryl methyl sites for hydroxylation is 4. The lowest BCUT2D eigenvalue weighted by Gasteiger charge is -2.46. The monoisotopic (exact) mass is 1080 g/mol. The van der Waals surface area contributed by atoms with Crippen LogP contribution in [0.3, 0.4) is 0 Å². The second-order valence-electron chi connectivity index (χ2n) is 26.3. The normalized spacial score (nSPS) is 13.1. The Morgan fingerprint density at radius 3 is 1.38 bits per heavy atom. The first-order chi connectivity index (χ1) is 39.2. The Hall–Kier alpha value is -8.32. The van der Waals surface area contributed by atoms with Crippen LogP contribution in [0.2, 0.25) is 0 Å². The Labute approximate surface area is 491 Å². The molecule has 0 radical (unpaired) electrons. The van der Waals surface area contributed by atoms with Crippen LogP contribution < -0.4 is 36.0 Å². The van der Waals surface area contributed by atoms with Gasteiger partial charge in [-0.05, 0) is 186 Å². The number of fused-ring (bicyclic) bond motifs is 7. The lowest BCUT2D eigenvalue weighted by atomic mass is 9.33. The van der Waals surface area contributed by atoms with E-state index in [1.54, 1.807) is 0 Å². The van der Waals surface area contributed by atoms with E-state index in [-0.39, 0.29) is 23.0 Å². The smallest absolute Gasteiger partial charge is 0.252 e. The molecule has 3 heterocycles. The predicted molar refractivity (Wildman–Crippen MR) is 358 cm³/mol. The Kier molecular flexibility index (Phi) is 12.7. The van der Waals surface area contributed by atoms with Crippen molar-refractivity contribution in [1.29, 1.82) is 0 Å². The molecule has 0 aliphatic carbocycles. The van der Waals surface area contributed by atoms with E-state index in [2.05, 4.69) is 316 Å². The number of hydrogen-bond donors (Lipinski definition) is 0. The topological polar surface area (TPSA) is 13.0 Å². The van der Waals surface area contributed by atoms with E-state index in [1.807, 2.05) is 11.3 Å². The van der Waals surface area contributed by atoms with Crippen LogP contribution in [0.25, 0.3) is 20.2 Å². The average molecular weight is 1090 g/mol. The second kappa shape index (κ2) is 19.7. The van der Waals surface area contributed by atoms with Crippen LogP contribution in [-0.2, 0) is 16.2 Å². The van der Waals surface area contributed by atoms with Crippen LogP contribution in [0.1, 0.15) is 101 Å². The summed E-state index contributed by atoms with van der Waals surface area (Å²) < 4.78 is 2.52. The molecule has 0 fully saturated rings. The molecule has 82 heavy (non-hydrogen) atoms. The molecule has 0 spiro atoms. The van der Waals surface area contributed by atoms with Crippen LogP contribution in [-0.4, -0.2) is 6.71 Å². The van der Waals surface area contributed by atoms with E-state index < -0.39 is 0 Å². The van der Waals surface area contributed by atoms with Gasteiger partial charge in [-0.15, -0.1) is 11.3 Å². The zero-order valence-electron chi connectivity index (χ0n) is 49.9. The van der Waals surface area contributed by atoms with Gasteiger partial charge in [0.15, 0.2) is 0 Å². The fraction of sp³-hybridized carbons (Fsp3) is 0.211. The molecular weight excluding hydrogens is 1010 g/mol. The third-order valence-corrected chi connectivity index (χ3v) is 18.4. The van der Waals surface area contributed by atoms with Gasteiger partial charge < -0.3 is 19.6 Å². The maximum absolute atomic E-state index is 2.66. The average Bonchev–Trinajstić information content (AvgIpc) is 1.44. The van der Waals surface area contributed by atoms with Gasteiger partial charge in [0, 0.05) is 72.3 Å². The lowest BCUT2D eigenvalue weighted by Crippen LogP contribution is -2.61. The fourth-order valence-corrected chi connectivity index (χ4v) is 13.7. The molecule has 4 nitrogen and oxygen atoms in total. The van der Waals surface area contributed by atoms with Crippen LogP contribution in [0.15, 0.2) is 206 Å². The molecule has 1 aromatic heterocycles. The van der Waals surface area contributed by atoms with Crippen LogP contribution in [0.5, 0.6) is 0 Å². The number of rotatable bonds is 8. The molecule has 406 valence electrons. The largest absolute Gasteiger partial charge is 0.311 e. The Balaban J connectivity index is 1.12. The van der Waals surface area contributed by atoms with Crippen molar-refractivity contribution in [3.63, 3.8) is 0 Å². The molecule has 2 aliphatic rings. The summed E-state index contributed by atoms with van der Waals surface area (Å²) in [4.78, 5) is 10.2. The summed E-state index contributed by atoms with van der Waals surface area (Å²) in [6.45, 7) is 29.7. The molecule has 0 bridgehead atoms. The second-order valence-corrected chi connectivity index (χ2v) is 27.3. The van der Waals surface area contributed by atoms with Gasteiger partial charge >= 0.3 is 0 Å². The molecule has 0 saturated carbocycles. The molecule has 13 rings (SSSR count). The Morgan fingerprint density at radius 1 is 0.366 bits per heavy atom. The molecule has 6 heteroatoms. The van der Waals surface area contributed by atoms with Gasteiger partial charge in [0.2, 0.25) is 0 Å². The third-order valence-electron chi connectivity index (χ3n) is 17.2. The fourth-order valence-electron chi connectivity index (χ4n) is 12.5. The molecule has 10 aromatic carbocycles. The highest BCUT2D eigenvalue weighted by molar-refractivity contribution is 7.26. The van der Waals surface area contributed by atoms with Crippen molar-refractivity contribution in [3.05, 3.63) is 245 Å². The number of nitrogens with zero attached hydrogens (tertiary/aromatic N) is 4. The van der Waals surface area contributed by atoms with Gasteiger partial charge in [0.25, 0.3) is 6.71 Å². The Bertz CT molecular complexity index is 4160. The van der Waals surface area contributed by atoms with Gasteiger partial charge in [0.05, 0.1) is 16.1 Å². The molecule has 2 aliphatic heterocycles. The van der Waals surface area contributed by atoms with Gasteiger partial charge in [-0.1, -0.05) is 182 Å². The molecule has 0 amide bonds. The summed E-state index contributed by atoms with van der Waals surface area (Å²) in [5.41, 5.74) is 26.4. The van der Waals surface area contributed by atoms with E-state index in [0.29, 0.717) is 0 Å². The Morgan fingerprint density at radius 2 is 0.841 bits per heavy atom. The molecule has 0 saturated heterocycles. The molecule has 11 aromatic rings. The number of benzene rings is 10. The van der Waals surface area contributed by atoms with Crippen LogP contribution in [0.4, 0.5) is 68.2 Å². The van der Waals surface area contributed by atoms with Gasteiger partial charge in [-0.25, -0.2) is 0 Å². The van der Waals surface area contributed by atoms with Crippen molar-refractivity contribution in [2.75, 3.05) is 19.6 Å². The van der Waals surface area contributed by atoms with Crippen molar-refractivity contribution in [2.24, 2.45) is 0 Å². The van der Waals surface area contributed by atoms with Gasteiger partial charge in [-0.2, -0.15) is 0 Å². The van der Waals surface area contributed by atoms with Crippen LogP contribution in [0, 0.1) is 27.7 Å². The highest BCUT2D eigenvalue weighted by Gasteiger charge is 2.45. The summed E-state index contributed by atoms with van der Waals surface area (Å²) in [7, 11) is 0. The zero-order valence-corrected chi connectivity index (χ0v) is 50.7. The predicted octanol–water partition coefficient (Wildman–Crippen LogP) is 20.2. The first-order valence-electron chi connectivity index (χ1n) is 29.2. The molecule has 0 unspecified atom stereocenters. The summed E-state index contributed by atoms with van der Waals surface area (Å²) in [5, 5.41) is 2.51. The SMILES string of the molecule is Cc1ccc(N(c2ccc(C)cc2)c2ccc3c(c2)N(c2ccc(C(C)(C)C)cc2)c2cc(C(C)(C)C)cc4c2B3c2cc(C(C)(C)C)ccc2N4c2ccc(N(c3ccc(C)cc3)c3ccc(C)cc3)c3c2sc2ccccc23)cc1. The molecule has 0 atom stereocenters. The summed E-state index contributed by atoms with van der Waals surface area (Å²) in [6.07, 6.45) is 0. The van der Waals surface area contributed by atoms with Gasteiger partial charge in [0.1, 0.15) is 0 Å². The molecular formula is C76H73BN4S. The number of hydrogen-bond acceptors (Lipinski definition) is 5. The third kappa shape index (κ3) is 9.17. The van der Waals surface area contributed by atoms with E-state index in [0.717, 1.165) is 39.8 Å². The number of anilines is 12. The standard InChI is InChI=1S/C76H73BN4S/c1-48-18-29-55(30-19-48)78(56-31-20-49(2)21-32-56)60-39-40-62-67(47-60)80(59-37-26-52(27-38-59)74(5,6)7)68-45-54(76(11,12)13)46-69-72(68)77(62)63-44-53(75(8,9)10)28-41-64(63)81(69)66-43-42-65(71-61-16-14-15-17-70(61)82-73(66)71)79(57-33-22-50(3)23-34-57)58-35-24-51(4)25-36-58/h14-47H,1-13H3. The maximum atomic E-state index is 2.66. The van der Waals surface area contributed by atoms with Crippen molar-refractivity contribution in [2.45, 2.75) is 106 Å². The maximum Gasteiger partial charge on any atom is 0.252 e. The van der Waals surface area contributed by atoms with Crippen molar-refractivity contribution in [3.8, 4) is 0 Å². The van der Waals surface area contributed by atoms with E-state index >= 15 is 0 Å². The van der Waals surface area contributed by atoms with E-state index in [9.17, 15) is 0 Å². The van der Waals surface area contributed by atoms with Crippen molar-refractivity contribution in [1.82, 2.24) is 0 Å².